The van der Waals surface area contributed by atoms with Gasteiger partial charge in [0.2, 0.25) is 0 Å². The molecular formula is C27H24FN7O2. The summed E-state index contributed by atoms with van der Waals surface area (Å²) in [4.78, 5) is 23.6. The Labute approximate surface area is 212 Å². The largest absolute Gasteiger partial charge is 0.482 e. The standard InChI is InChI=1S/C27H24FN7O2/c1-14-5-6-16-9-22-24(21(12-29)33-35(22)27(36)34(3)4)17-10-23(26(30)31-13-17)37-15(2)20-11-18(28)7-8-19(20)25(16)32-14/h5-8,10-11,13,15H,9H2,1-4H3,(H2,30,31)/t15-/m1/s1. The van der Waals surface area contributed by atoms with Crippen LogP contribution in [0.5, 0.6) is 5.75 Å². The van der Waals surface area contributed by atoms with Crippen molar-refractivity contribution < 1.29 is 13.9 Å². The number of carbonyl (C=O) groups is 1. The summed E-state index contributed by atoms with van der Waals surface area (Å²) in [6.07, 6.45) is 1.14. The topological polar surface area (TPSA) is 123 Å². The van der Waals surface area contributed by atoms with Gasteiger partial charge in [0.25, 0.3) is 0 Å². The van der Waals surface area contributed by atoms with E-state index in [1.165, 1.54) is 27.9 Å². The highest BCUT2D eigenvalue weighted by Crippen LogP contribution is 2.39. The highest BCUT2D eigenvalue weighted by Gasteiger charge is 2.28. The van der Waals surface area contributed by atoms with Crippen LogP contribution in [-0.4, -0.2) is 44.8 Å². The number of ether oxygens (including phenoxy) is 1. The summed E-state index contributed by atoms with van der Waals surface area (Å²) in [6, 6.07) is 11.6. The zero-order valence-electron chi connectivity index (χ0n) is 20.8. The number of aryl methyl sites for hydroxylation is 1. The summed E-state index contributed by atoms with van der Waals surface area (Å²) in [7, 11) is 3.22. The smallest absolute Gasteiger partial charge is 0.344 e. The van der Waals surface area contributed by atoms with Gasteiger partial charge in [-0.3, -0.25) is 4.98 Å². The number of rotatable bonds is 0. The highest BCUT2D eigenvalue weighted by atomic mass is 19.1. The Kier molecular flexibility index (Phi) is 5.84. The maximum absolute atomic E-state index is 14.4. The van der Waals surface area contributed by atoms with E-state index in [9.17, 15) is 14.4 Å². The van der Waals surface area contributed by atoms with Crippen LogP contribution < -0.4 is 10.5 Å². The number of hydrogen-bond donors (Lipinski definition) is 1. The van der Waals surface area contributed by atoms with Gasteiger partial charge < -0.3 is 15.4 Å². The first-order chi connectivity index (χ1) is 17.7. The van der Waals surface area contributed by atoms with E-state index < -0.39 is 18.0 Å². The van der Waals surface area contributed by atoms with Crippen LogP contribution in [0.1, 0.15) is 41.2 Å². The van der Waals surface area contributed by atoms with E-state index in [1.807, 2.05) is 19.1 Å². The average Bonchev–Trinajstić information content (AvgIpc) is 3.23. The van der Waals surface area contributed by atoms with Crippen LogP contribution in [0.15, 0.2) is 42.6 Å². The maximum atomic E-state index is 14.4. The van der Waals surface area contributed by atoms with E-state index in [1.54, 1.807) is 33.2 Å². The van der Waals surface area contributed by atoms with Crippen LogP contribution in [0.2, 0.25) is 0 Å². The molecule has 0 radical (unpaired) electrons. The lowest BCUT2D eigenvalue weighted by molar-refractivity contribution is 0.215. The molecule has 5 rings (SSSR count). The number of nitriles is 1. The third kappa shape index (κ3) is 4.14. The number of nitrogens with two attached hydrogens (primary N) is 1. The van der Waals surface area contributed by atoms with Crippen LogP contribution in [0, 0.1) is 24.1 Å². The second-order valence-electron chi connectivity index (χ2n) is 9.11. The number of anilines is 1. The van der Waals surface area contributed by atoms with Crippen LogP contribution in [0.3, 0.4) is 0 Å². The fraction of sp³-hybridized carbons (Fsp3) is 0.222. The van der Waals surface area contributed by atoms with Crippen molar-refractivity contribution in [3.05, 3.63) is 76.6 Å². The molecule has 1 amide bonds. The van der Waals surface area contributed by atoms with Gasteiger partial charge in [0, 0.05) is 54.7 Å². The summed E-state index contributed by atoms with van der Waals surface area (Å²) in [6.45, 7) is 3.67. The lowest BCUT2D eigenvalue weighted by Gasteiger charge is -2.22. The SMILES string of the molecule is Cc1ccc2c(n1)-c1ccc(F)cc1[C@@H](C)Oc1cc(cnc1N)-c1c(C#N)nn(C(=O)N(C)C)c1C2. The van der Waals surface area contributed by atoms with E-state index >= 15 is 0 Å². The number of pyridine rings is 2. The first kappa shape index (κ1) is 23.9. The van der Waals surface area contributed by atoms with Gasteiger partial charge in [-0.05, 0) is 49.7 Å². The molecule has 4 heterocycles. The molecule has 0 saturated carbocycles. The van der Waals surface area contributed by atoms with Crippen LogP contribution >= 0.6 is 0 Å². The first-order valence-electron chi connectivity index (χ1n) is 11.6. The predicted molar refractivity (Wildman–Crippen MR) is 135 cm³/mol. The van der Waals surface area contributed by atoms with Gasteiger partial charge in [-0.2, -0.15) is 15.0 Å². The summed E-state index contributed by atoms with van der Waals surface area (Å²) in [5, 5.41) is 14.3. The normalized spacial score (nSPS) is 14.1. The van der Waals surface area contributed by atoms with Crippen LogP contribution in [0.4, 0.5) is 15.0 Å². The van der Waals surface area contributed by atoms with Crippen molar-refractivity contribution in [3.63, 3.8) is 0 Å². The second-order valence-corrected chi connectivity index (χ2v) is 9.11. The van der Waals surface area contributed by atoms with E-state index in [0.29, 0.717) is 33.6 Å². The van der Waals surface area contributed by atoms with Crippen molar-refractivity contribution in [2.45, 2.75) is 26.4 Å². The molecule has 4 aromatic rings. The van der Waals surface area contributed by atoms with Gasteiger partial charge in [-0.25, -0.2) is 14.2 Å². The quantitative estimate of drug-likeness (QED) is 0.380. The van der Waals surface area contributed by atoms with Crippen molar-refractivity contribution in [3.8, 4) is 34.2 Å². The Morgan fingerprint density at radius 1 is 1.27 bits per heavy atom. The second kappa shape index (κ2) is 9.02. The number of nitrogen functional groups attached to an aromatic ring is 1. The minimum absolute atomic E-state index is 0.0666. The molecule has 1 aromatic carbocycles. The molecule has 186 valence electrons. The number of fused-ring (bicyclic) bond motifs is 7. The van der Waals surface area contributed by atoms with E-state index in [0.717, 1.165) is 11.3 Å². The Morgan fingerprint density at radius 3 is 2.78 bits per heavy atom. The number of halogens is 1. The lowest BCUT2D eigenvalue weighted by atomic mass is 9.93. The minimum atomic E-state index is -0.604. The number of aromatic nitrogens is 4. The van der Waals surface area contributed by atoms with Crippen molar-refractivity contribution >= 4 is 11.8 Å². The molecule has 1 atom stereocenters. The highest BCUT2D eigenvalue weighted by molar-refractivity contribution is 5.83. The molecule has 9 nitrogen and oxygen atoms in total. The number of amides is 1. The molecule has 0 spiro atoms. The van der Waals surface area contributed by atoms with Gasteiger partial charge in [0.1, 0.15) is 18.0 Å². The Balaban J connectivity index is 1.89. The van der Waals surface area contributed by atoms with Crippen molar-refractivity contribution in [1.29, 1.82) is 5.26 Å². The summed E-state index contributed by atoms with van der Waals surface area (Å²) in [5.74, 6) is -0.0116. The van der Waals surface area contributed by atoms with Crippen molar-refractivity contribution in [2.75, 3.05) is 19.8 Å². The first-order valence-corrected chi connectivity index (χ1v) is 11.6. The summed E-state index contributed by atoms with van der Waals surface area (Å²) < 4.78 is 21.9. The third-order valence-electron chi connectivity index (χ3n) is 6.31. The van der Waals surface area contributed by atoms with Gasteiger partial charge in [-0.15, -0.1) is 0 Å². The molecule has 0 saturated heterocycles. The van der Waals surface area contributed by atoms with Crippen molar-refractivity contribution in [2.24, 2.45) is 0 Å². The maximum Gasteiger partial charge on any atom is 0.344 e. The van der Waals surface area contributed by atoms with Crippen LogP contribution in [-0.2, 0) is 6.42 Å². The summed E-state index contributed by atoms with van der Waals surface area (Å²) >= 11 is 0. The fourth-order valence-corrected chi connectivity index (χ4v) is 4.51. The summed E-state index contributed by atoms with van der Waals surface area (Å²) in [5.41, 5.74) is 11.1. The number of nitrogens with zero attached hydrogens (tertiary/aromatic N) is 6. The lowest BCUT2D eigenvalue weighted by Crippen LogP contribution is -2.29. The van der Waals surface area contributed by atoms with Crippen LogP contribution in [0.25, 0.3) is 22.4 Å². The molecule has 37 heavy (non-hydrogen) atoms. The molecule has 0 fully saturated rings. The molecule has 2 N–H and O–H groups in total. The molecule has 2 bridgehead atoms. The zero-order chi connectivity index (χ0) is 26.4. The van der Waals surface area contributed by atoms with E-state index in [4.69, 9.17) is 15.5 Å². The van der Waals surface area contributed by atoms with Gasteiger partial charge in [0.15, 0.2) is 17.3 Å². The van der Waals surface area contributed by atoms with Gasteiger partial charge >= 0.3 is 6.03 Å². The number of hydrogen-bond acceptors (Lipinski definition) is 7. The Hall–Kier alpha value is -4.78. The predicted octanol–water partition coefficient (Wildman–Crippen LogP) is 4.48. The van der Waals surface area contributed by atoms with E-state index in [-0.39, 0.29) is 23.7 Å². The van der Waals surface area contributed by atoms with Gasteiger partial charge in [-0.1, -0.05) is 6.07 Å². The number of carbonyl (C=O) groups excluding carboxylic acids is 1. The van der Waals surface area contributed by atoms with Crippen molar-refractivity contribution in [1.82, 2.24) is 24.6 Å². The average molecular weight is 498 g/mol. The Bertz CT molecular complexity index is 1600. The Morgan fingerprint density at radius 2 is 2.05 bits per heavy atom. The fourth-order valence-electron chi connectivity index (χ4n) is 4.51. The molecular weight excluding hydrogens is 473 g/mol. The monoisotopic (exact) mass is 497 g/mol. The minimum Gasteiger partial charge on any atom is -0.482 e. The molecule has 0 aliphatic carbocycles. The zero-order valence-corrected chi connectivity index (χ0v) is 20.8. The molecule has 1 aliphatic heterocycles. The molecule has 3 aromatic heterocycles. The third-order valence-corrected chi connectivity index (χ3v) is 6.31. The van der Waals surface area contributed by atoms with Gasteiger partial charge in [0.05, 0.1) is 11.4 Å². The molecule has 10 heteroatoms. The molecule has 0 unspecified atom stereocenters. The molecule has 1 aliphatic rings. The van der Waals surface area contributed by atoms with E-state index in [2.05, 4.69) is 16.2 Å². The number of benzene rings is 1.